The number of likely N-dealkylation sites (N-methyl/N-ethyl adjacent to an activating group) is 1. The van der Waals surface area contributed by atoms with Crippen LogP contribution in [0.4, 0.5) is 0 Å². The van der Waals surface area contributed by atoms with E-state index in [4.69, 9.17) is 10.2 Å². The van der Waals surface area contributed by atoms with Crippen molar-refractivity contribution in [2.75, 3.05) is 26.7 Å². The van der Waals surface area contributed by atoms with Crippen LogP contribution < -0.4 is 0 Å². The van der Waals surface area contributed by atoms with Crippen LogP contribution in [-0.4, -0.2) is 52.4 Å². The number of hydrogen-bond acceptors (Lipinski definition) is 5. The number of aromatic amines is 1. The molecule has 1 saturated heterocycles. The molecule has 0 atom stereocenters. The molecule has 2 aliphatic heterocycles. The van der Waals surface area contributed by atoms with Crippen molar-refractivity contribution in [2.45, 2.75) is 45.1 Å². The largest absolute Gasteiger partial charge is 0.341 e. The number of fused-ring (bicyclic) bond motifs is 1. The van der Waals surface area contributed by atoms with E-state index in [0.717, 1.165) is 77.4 Å². The quantitative estimate of drug-likeness (QED) is 0.323. The van der Waals surface area contributed by atoms with Gasteiger partial charge in [-0.3, -0.25) is 4.79 Å². The van der Waals surface area contributed by atoms with Gasteiger partial charge in [-0.15, -0.1) is 0 Å². The number of carbonyl (C=O) groups is 1. The second-order valence-corrected chi connectivity index (χ2v) is 11.4. The summed E-state index contributed by atoms with van der Waals surface area (Å²) in [7, 11) is 2.11. The molecule has 3 heterocycles. The summed E-state index contributed by atoms with van der Waals surface area (Å²) in [5, 5.41) is 18.5. The zero-order chi connectivity index (χ0) is 29.2. The number of nitrogens with one attached hydrogen (secondary N) is 1. The smallest absolute Gasteiger partial charge is 0.254 e. The Bertz CT molecular complexity index is 1700. The van der Waals surface area contributed by atoms with Crippen LogP contribution in [0.2, 0.25) is 0 Å². The summed E-state index contributed by atoms with van der Waals surface area (Å²) in [6.45, 7) is 5.27. The highest BCUT2D eigenvalue weighted by Gasteiger charge is 2.28. The average molecular weight is 555 g/mol. The van der Waals surface area contributed by atoms with Gasteiger partial charge >= 0.3 is 0 Å². The van der Waals surface area contributed by atoms with Crippen LogP contribution in [0.15, 0.2) is 60.7 Å². The van der Waals surface area contributed by atoms with Gasteiger partial charge in [-0.25, -0.2) is 4.98 Å². The van der Waals surface area contributed by atoms with E-state index in [9.17, 15) is 10.1 Å². The molecule has 0 unspecified atom stereocenters. The van der Waals surface area contributed by atoms with Crippen molar-refractivity contribution in [3.63, 3.8) is 0 Å². The van der Waals surface area contributed by atoms with Crippen molar-refractivity contribution < 1.29 is 4.79 Å². The van der Waals surface area contributed by atoms with Crippen molar-refractivity contribution in [1.29, 1.82) is 10.5 Å². The Balaban J connectivity index is 1.35. The predicted molar refractivity (Wildman–Crippen MR) is 163 cm³/mol. The fraction of sp³-hybridized carbons (Fsp3) is 0.314. The fourth-order valence-corrected chi connectivity index (χ4v) is 6.34. The Morgan fingerprint density at radius 1 is 0.952 bits per heavy atom. The number of amides is 1. The van der Waals surface area contributed by atoms with E-state index in [1.54, 1.807) is 0 Å². The number of likely N-dealkylation sites (tertiary alicyclic amines) is 1. The molecule has 0 aliphatic carbocycles. The molecule has 0 bridgehead atoms. The molecule has 0 spiro atoms. The van der Waals surface area contributed by atoms with Gasteiger partial charge in [0.1, 0.15) is 5.82 Å². The molecular weight excluding hydrogens is 520 g/mol. The first-order chi connectivity index (χ1) is 20.5. The first-order valence-corrected chi connectivity index (χ1v) is 14.7. The van der Waals surface area contributed by atoms with E-state index >= 15 is 0 Å². The Labute approximate surface area is 247 Å². The van der Waals surface area contributed by atoms with Gasteiger partial charge in [0.25, 0.3) is 5.91 Å². The lowest BCUT2D eigenvalue weighted by Gasteiger charge is -2.33. The Kier molecular flexibility index (Phi) is 7.61. The highest BCUT2D eigenvalue weighted by molar-refractivity contribution is 5.99. The van der Waals surface area contributed by atoms with Crippen molar-refractivity contribution >= 4 is 5.91 Å². The Morgan fingerprint density at radius 2 is 1.62 bits per heavy atom. The summed E-state index contributed by atoms with van der Waals surface area (Å²) in [6.07, 6.45) is 3.38. The number of piperidine rings is 1. The van der Waals surface area contributed by atoms with E-state index < -0.39 is 0 Å². The number of nitrogens with zero attached hydrogens (tertiary/aromatic N) is 5. The van der Waals surface area contributed by atoms with Crippen LogP contribution in [0.1, 0.15) is 69.7 Å². The lowest BCUT2D eigenvalue weighted by molar-refractivity contribution is 0.0712. The monoisotopic (exact) mass is 554 g/mol. The van der Waals surface area contributed by atoms with Gasteiger partial charge in [-0.2, -0.15) is 10.5 Å². The minimum atomic E-state index is 0.0536. The maximum Gasteiger partial charge on any atom is 0.254 e. The number of imidazole rings is 1. The molecule has 1 fully saturated rings. The average Bonchev–Trinajstić information content (AvgIpc) is 3.47. The number of H-pyrrole nitrogens is 1. The molecule has 4 aromatic rings. The highest BCUT2D eigenvalue weighted by atomic mass is 16.2. The molecule has 0 saturated carbocycles. The lowest BCUT2D eigenvalue weighted by Crippen LogP contribution is -2.38. The maximum atomic E-state index is 14.2. The summed E-state index contributed by atoms with van der Waals surface area (Å²) in [5.74, 6) is 1.22. The summed E-state index contributed by atoms with van der Waals surface area (Å²) in [6, 6.07) is 24.0. The molecule has 1 amide bonds. The van der Waals surface area contributed by atoms with Gasteiger partial charge in [-0.1, -0.05) is 31.2 Å². The van der Waals surface area contributed by atoms with Gasteiger partial charge in [0, 0.05) is 43.7 Å². The van der Waals surface area contributed by atoms with E-state index in [2.05, 4.69) is 42.1 Å². The predicted octanol–water partition coefficient (Wildman–Crippen LogP) is 6.06. The molecule has 210 valence electrons. The molecule has 3 aromatic carbocycles. The second-order valence-electron chi connectivity index (χ2n) is 11.4. The zero-order valence-electron chi connectivity index (χ0n) is 24.2. The van der Waals surface area contributed by atoms with E-state index in [-0.39, 0.29) is 5.91 Å². The van der Waals surface area contributed by atoms with Crippen LogP contribution in [0.3, 0.4) is 0 Å². The van der Waals surface area contributed by atoms with Gasteiger partial charge in [0.2, 0.25) is 0 Å². The standard InChI is InChI=1S/C35H34N6O/c1-3-29-30(27-10-6-24(21-37)7-11-27)18-28(34-38-32-14-15-40(2)22-33(32)39-34)19-31(29)35(42)41-16-12-26(13-17-41)25-8-4-23(20-36)5-9-25/h4-11,18-19,26H,3,12-17,22H2,1-2H3,(H,38,39). The number of rotatable bonds is 5. The van der Waals surface area contributed by atoms with Gasteiger partial charge < -0.3 is 14.8 Å². The van der Waals surface area contributed by atoms with Crippen LogP contribution in [-0.2, 0) is 19.4 Å². The van der Waals surface area contributed by atoms with Crippen LogP contribution in [0.25, 0.3) is 22.5 Å². The minimum absolute atomic E-state index is 0.0536. The number of aromatic nitrogens is 2. The van der Waals surface area contributed by atoms with Crippen molar-refractivity contribution in [2.24, 2.45) is 0 Å². The van der Waals surface area contributed by atoms with Crippen molar-refractivity contribution in [3.8, 4) is 34.7 Å². The summed E-state index contributed by atoms with van der Waals surface area (Å²) in [5.41, 5.74) is 9.36. The molecule has 7 heteroatoms. The second kappa shape index (κ2) is 11.6. The topological polar surface area (TPSA) is 99.8 Å². The summed E-state index contributed by atoms with van der Waals surface area (Å²) < 4.78 is 0. The molecule has 2 aliphatic rings. The number of hydrogen-bond donors (Lipinski definition) is 1. The third kappa shape index (κ3) is 5.32. The highest BCUT2D eigenvalue weighted by Crippen LogP contribution is 2.35. The minimum Gasteiger partial charge on any atom is -0.341 e. The Hall–Kier alpha value is -4.72. The number of benzene rings is 3. The molecule has 42 heavy (non-hydrogen) atoms. The molecule has 6 rings (SSSR count). The Morgan fingerprint density at radius 3 is 2.26 bits per heavy atom. The molecule has 1 aromatic heterocycles. The third-order valence-electron chi connectivity index (χ3n) is 8.75. The van der Waals surface area contributed by atoms with Gasteiger partial charge in [-0.05, 0) is 90.9 Å². The van der Waals surface area contributed by atoms with Crippen molar-refractivity contribution in [1.82, 2.24) is 19.8 Å². The molecule has 7 nitrogen and oxygen atoms in total. The fourth-order valence-electron chi connectivity index (χ4n) is 6.34. The maximum absolute atomic E-state index is 14.2. The molecular formula is C35H34N6O. The third-order valence-corrected chi connectivity index (χ3v) is 8.75. The van der Waals surface area contributed by atoms with Gasteiger partial charge in [0.15, 0.2) is 0 Å². The molecule has 0 radical (unpaired) electrons. The van der Waals surface area contributed by atoms with Crippen LogP contribution in [0.5, 0.6) is 0 Å². The lowest BCUT2D eigenvalue weighted by atomic mass is 9.87. The molecule has 1 N–H and O–H groups in total. The SMILES string of the molecule is CCc1c(C(=O)N2CCC(c3ccc(C#N)cc3)CC2)cc(-c2nc3c([nH]2)CN(C)CC3)cc1-c1ccc(C#N)cc1. The van der Waals surface area contributed by atoms with Crippen molar-refractivity contribution in [3.05, 3.63) is 99.9 Å². The van der Waals surface area contributed by atoms with E-state index in [1.807, 2.05) is 59.5 Å². The zero-order valence-corrected chi connectivity index (χ0v) is 24.2. The van der Waals surface area contributed by atoms with Crippen LogP contribution >= 0.6 is 0 Å². The van der Waals surface area contributed by atoms with Gasteiger partial charge in [0.05, 0.1) is 34.7 Å². The van der Waals surface area contributed by atoms with E-state index in [1.165, 1.54) is 5.56 Å². The number of nitriles is 2. The number of carbonyl (C=O) groups excluding carboxylic acids is 1. The van der Waals surface area contributed by atoms with E-state index in [0.29, 0.717) is 36.6 Å². The summed E-state index contributed by atoms with van der Waals surface area (Å²) in [4.78, 5) is 27.0. The first-order valence-electron chi connectivity index (χ1n) is 14.7. The first kappa shape index (κ1) is 27.4. The summed E-state index contributed by atoms with van der Waals surface area (Å²) >= 11 is 0. The van der Waals surface area contributed by atoms with Crippen LogP contribution in [0, 0.1) is 22.7 Å². The normalized spacial score (nSPS) is 15.6.